The van der Waals surface area contributed by atoms with E-state index in [0.717, 1.165) is 37.8 Å². The molecule has 1 aliphatic rings. The Balaban J connectivity index is 1.94. The summed E-state index contributed by atoms with van der Waals surface area (Å²) in [6, 6.07) is 1.84. The highest BCUT2D eigenvalue weighted by atomic mass is 16.5. The zero-order valence-electron chi connectivity index (χ0n) is 9.36. The summed E-state index contributed by atoms with van der Waals surface area (Å²) in [5.41, 5.74) is 5.59. The summed E-state index contributed by atoms with van der Waals surface area (Å²) in [7, 11) is 1.80. The molecule has 6 nitrogen and oxygen atoms in total. The maximum atomic E-state index is 5.59. The molecule has 0 saturated carbocycles. The van der Waals surface area contributed by atoms with Crippen LogP contribution >= 0.6 is 0 Å². The van der Waals surface area contributed by atoms with Crippen LogP contribution in [0.4, 0.5) is 17.6 Å². The predicted octanol–water partition coefficient (Wildman–Crippen LogP) is 0.549. The number of ether oxygens (including phenoxy) is 1. The Hall–Kier alpha value is -1.56. The van der Waals surface area contributed by atoms with Gasteiger partial charge in [0, 0.05) is 32.2 Å². The fraction of sp³-hybridized carbons (Fsp3) is 0.600. The summed E-state index contributed by atoms with van der Waals surface area (Å²) in [4.78, 5) is 8.14. The smallest absolute Gasteiger partial charge is 0.223 e. The van der Waals surface area contributed by atoms with Crippen molar-refractivity contribution in [1.29, 1.82) is 0 Å². The molecule has 0 amide bonds. The molecule has 1 saturated heterocycles. The average molecular weight is 223 g/mol. The van der Waals surface area contributed by atoms with Crippen LogP contribution in [0, 0.1) is 5.92 Å². The SMILES string of the molecule is CNc1cc(NCC2CCOC2)nc(N)n1. The summed E-state index contributed by atoms with van der Waals surface area (Å²) in [5, 5.41) is 6.19. The number of nitrogens with one attached hydrogen (secondary N) is 2. The van der Waals surface area contributed by atoms with E-state index in [0.29, 0.717) is 5.92 Å². The molecule has 4 N–H and O–H groups in total. The van der Waals surface area contributed by atoms with Crippen molar-refractivity contribution in [3.8, 4) is 0 Å². The van der Waals surface area contributed by atoms with Gasteiger partial charge in [0.2, 0.25) is 5.95 Å². The summed E-state index contributed by atoms with van der Waals surface area (Å²) in [6.45, 7) is 2.55. The van der Waals surface area contributed by atoms with Gasteiger partial charge in [-0.05, 0) is 6.42 Å². The topological polar surface area (TPSA) is 85.1 Å². The molecule has 1 aliphatic heterocycles. The molecule has 88 valence electrons. The molecule has 0 bridgehead atoms. The summed E-state index contributed by atoms with van der Waals surface area (Å²) >= 11 is 0. The maximum Gasteiger partial charge on any atom is 0.223 e. The second kappa shape index (κ2) is 4.98. The Bertz CT molecular complexity index is 351. The minimum absolute atomic E-state index is 0.275. The van der Waals surface area contributed by atoms with Crippen molar-refractivity contribution in [2.45, 2.75) is 6.42 Å². The minimum Gasteiger partial charge on any atom is -0.381 e. The van der Waals surface area contributed by atoms with Gasteiger partial charge in [0.05, 0.1) is 6.61 Å². The zero-order chi connectivity index (χ0) is 11.4. The van der Waals surface area contributed by atoms with Crippen LogP contribution in [0.15, 0.2) is 6.07 Å². The van der Waals surface area contributed by atoms with Gasteiger partial charge in [-0.25, -0.2) is 0 Å². The van der Waals surface area contributed by atoms with Gasteiger partial charge in [-0.2, -0.15) is 9.97 Å². The molecule has 0 radical (unpaired) electrons. The quantitative estimate of drug-likeness (QED) is 0.691. The number of hydrogen-bond acceptors (Lipinski definition) is 6. The van der Waals surface area contributed by atoms with Crippen molar-refractivity contribution < 1.29 is 4.74 Å². The van der Waals surface area contributed by atoms with Crippen molar-refractivity contribution in [3.05, 3.63) is 6.07 Å². The molecule has 0 spiro atoms. The maximum absolute atomic E-state index is 5.59. The molecule has 1 aromatic rings. The molecule has 1 aromatic heterocycles. The Labute approximate surface area is 94.6 Å². The van der Waals surface area contributed by atoms with Gasteiger partial charge in [0.25, 0.3) is 0 Å². The number of hydrogen-bond donors (Lipinski definition) is 3. The van der Waals surface area contributed by atoms with E-state index in [-0.39, 0.29) is 5.95 Å². The second-order valence-electron chi connectivity index (χ2n) is 3.86. The van der Waals surface area contributed by atoms with Crippen LogP contribution in [0.1, 0.15) is 6.42 Å². The zero-order valence-corrected chi connectivity index (χ0v) is 9.36. The Kier molecular flexibility index (Phi) is 3.40. The van der Waals surface area contributed by atoms with Crippen molar-refractivity contribution in [3.63, 3.8) is 0 Å². The van der Waals surface area contributed by atoms with Crippen molar-refractivity contribution >= 4 is 17.6 Å². The summed E-state index contributed by atoms with van der Waals surface area (Å²) in [6.07, 6.45) is 1.10. The van der Waals surface area contributed by atoms with E-state index in [4.69, 9.17) is 10.5 Å². The molecular weight excluding hydrogens is 206 g/mol. The van der Waals surface area contributed by atoms with Crippen molar-refractivity contribution in [2.75, 3.05) is 43.2 Å². The molecule has 0 aromatic carbocycles. The third kappa shape index (κ3) is 2.73. The lowest BCUT2D eigenvalue weighted by Gasteiger charge is -2.11. The van der Waals surface area contributed by atoms with Gasteiger partial charge in [0.15, 0.2) is 0 Å². The monoisotopic (exact) mass is 223 g/mol. The molecule has 0 aliphatic carbocycles. The van der Waals surface area contributed by atoms with Crippen molar-refractivity contribution in [1.82, 2.24) is 9.97 Å². The van der Waals surface area contributed by atoms with E-state index in [9.17, 15) is 0 Å². The fourth-order valence-electron chi connectivity index (χ4n) is 1.68. The molecule has 2 rings (SSSR count). The van der Waals surface area contributed by atoms with E-state index < -0.39 is 0 Å². The lowest BCUT2D eigenvalue weighted by molar-refractivity contribution is 0.187. The van der Waals surface area contributed by atoms with E-state index in [1.807, 2.05) is 6.07 Å². The summed E-state index contributed by atoms with van der Waals surface area (Å²) < 4.78 is 5.30. The van der Waals surface area contributed by atoms with Gasteiger partial charge in [-0.3, -0.25) is 0 Å². The Morgan fingerprint density at radius 1 is 1.50 bits per heavy atom. The first-order valence-electron chi connectivity index (χ1n) is 5.42. The van der Waals surface area contributed by atoms with Crippen LogP contribution < -0.4 is 16.4 Å². The number of aromatic nitrogens is 2. The molecule has 1 fully saturated rings. The number of nitrogens with two attached hydrogens (primary N) is 1. The highest BCUT2D eigenvalue weighted by Gasteiger charge is 2.15. The van der Waals surface area contributed by atoms with Crippen LogP contribution in [-0.2, 0) is 4.74 Å². The van der Waals surface area contributed by atoms with Crippen LogP contribution in [0.25, 0.3) is 0 Å². The average Bonchev–Trinajstić information content (AvgIpc) is 2.78. The Morgan fingerprint density at radius 2 is 2.31 bits per heavy atom. The van der Waals surface area contributed by atoms with Crippen LogP contribution in [0.5, 0.6) is 0 Å². The first kappa shape index (κ1) is 10.9. The fourth-order valence-corrected chi connectivity index (χ4v) is 1.68. The van der Waals surface area contributed by atoms with E-state index >= 15 is 0 Å². The predicted molar refractivity (Wildman–Crippen MR) is 63.4 cm³/mol. The number of anilines is 3. The molecule has 1 unspecified atom stereocenters. The first-order chi connectivity index (χ1) is 7.78. The Morgan fingerprint density at radius 3 is 3.00 bits per heavy atom. The van der Waals surface area contributed by atoms with Gasteiger partial charge in [0.1, 0.15) is 11.6 Å². The molecule has 1 atom stereocenters. The second-order valence-corrected chi connectivity index (χ2v) is 3.86. The standard InChI is InChI=1S/C10H17N5O/c1-12-8-4-9(15-10(11)14-8)13-5-7-2-3-16-6-7/h4,7H,2-3,5-6H2,1H3,(H4,11,12,13,14,15). The van der Waals surface area contributed by atoms with Gasteiger partial charge < -0.3 is 21.1 Å². The number of rotatable bonds is 4. The number of nitrogens with zero attached hydrogens (tertiary/aromatic N) is 2. The third-order valence-electron chi connectivity index (χ3n) is 2.60. The van der Waals surface area contributed by atoms with Crippen LogP contribution in [0.2, 0.25) is 0 Å². The lowest BCUT2D eigenvalue weighted by Crippen LogP contribution is -2.15. The summed E-state index contributed by atoms with van der Waals surface area (Å²) in [5.74, 6) is 2.31. The molecular formula is C10H17N5O. The van der Waals surface area contributed by atoms with E-state index in [1.54, 1.807) is 7.05 Å². The van der Waals surface area contributed by atoms with Crippen LogP contribution in [0.3, 0.4) is 0 Å². The normalized spacial score (nSPS) is 19.7. The molecule has 16 heavy (non-hydrogen) atoms. The largest absolute Gasteiger partial charge is 0.381 e. The van der Waals surface area contributed by atoms with Gasteiger partial charge in [-0.15, -0.1) is 0 Å². The number of nitrogen functional groups attached to an aromatic ring is 1. The van der Waals surface area contributed by atoms with Gasteiger partial charge >= 0.3 is 0 Å². The molecule has 6 heteroatoms. The highest BCUT2D eigenvalue weighted by Crippen LogP contribution is 2.15. The third-order valence-corrected chi connectivity index (χ3v) is 2.60. The minimum atomic E-state index is 0.275. The van der Waals surface area contributed by atoms with Crippen LogP contribution in [-0.4, -0.2) is 36.8 Å². The van der Waals surface area contributed by atoms with Crippen molar-refractivity contribution in [2.24, 2.45) is 5.92 Å². The lowest BCUT2D eigenvalue weighted by atomic mass is 10.1. The van der Waals surface area contributed by atoms with E-state index in [1.165, 1.54) is 0 Å². The van der Waals surface area contributed by atoms with E-state index in [2.05, 4.69) is 20.6 Å². The first-order valence-corrected chi connectivity index (χ1v) is 5.42. The molecule has 2 heterocycles. The highest BCUT2D eigenvalue weighted by molar-refractivity contribution is 5.50. The van der Waals surface area contributed by atoms with Gasteiger partial charge in [-0.1, -0.05) is 0 Å².